The van der Waals surface area contributed by atoms with Crippen LogP contribution in [0.4, 0.5) is 0 Å². The van der Waals surface area contributed by atoms with Crippen molar-refractivity contribution < 1.29 is 10.2 Å². The molecule has 0 atom stereocenters. The number of aryl methyl sites for hydroxylation is 1. The third-order valence-electron chi connectivity index (χ3n) is 2.68. The Bertz CT molecular complexity index is 313. The van der Waals surface area contributed by atoms with Crippen LogP contribution >= 0.6 is 15.9 Å². The van der Waals surface area contributed by atoms with Gasteiger partial charge in [-0.3, -0.25) is 0 Å². The van der Waals surface area contributed by atoms with Crippen molar-refractivity contribution in [3.8, 4) is 11.5 Å². The molecule has 0 spiro atoms. The van der Waals surface area contributed by atoms with E-state index < -0.39 is 0 Å². The molecule has 2 N–H and O–H groups in total. The Morgan fingerprint density at radius 1 is 0.938 bits per heavy atom. The summed E-state index contributed by atoms with van der Waals surface area (Å²) < 4.78 is 0. The Morgan fingerprint density at radius 2 is 1.62 bits per heavy atom. The largest absolute Gasteiger partial charge is 0.504 e. The second-order valence-electron chi connectivity index (χ2n) is 3.99. The minimum atomic E-state index is -0.0169. The molecule has 0 radical (unpaired) electrons. The summed E-state index contributed by atoms with van der Waals surface area (Å²) in [4.78, 5) is 0. The maximum Gasteiger partial charge on any atom is 0.160 e. The summed E-state index contributed by atoms with van der Waals surface area (Å²) in [6.45, 7) is 0. The first-order valence-corrected chi connectivity index (χ1v) is 6.93. The number of hydrogen-bond donors (Lipinski definition) is 2. The lowest BCUT2D eigenvalue weighted by atomic mass is 10.0. The topological polar surface area (TPSA) is 40.5 Å². The van der Waals surface area contributed by atoms with Crippen molar-refractivity contribution in [3.05, 3.63) is 23.8 Å². The van der Waals surface area contributed by atoms with Crippen molar-refractivity contribution >= 4 is 15.9 Å². The van der Waals surface area contributed by atoms with Gasteiger partial charge in [0.15, 0.2) is 11.5 Å². The third kappa shape index (κ3) is 4.44. The molecule has 0 unspecified atom stereocenters. The van der Waals surface area contributed by atoms with Crippen LogP contribution in [0.5, 0.6) is 11.5 Å². The van der Waals surface area contributed by atoms with E-state index >= 15 is 0 Å². The molecule has 0 bridgehead atoms. The third-order valence-corrected chi connectivity index (χ3v) is 3.24. The number of para-hydroxylation sites is 1. The van der Waals surface area contributed by atoms with E-state index in [1.165, 1.54) is 31.7 Å². The lowest BCUT2D eigenvalue weighted by molar-refractivity contribution is 0.398. The van der Waals surface area contributed by atoms with Gasteiger partial charge in [-0.1, -0.05) is 47.3 Å². The van der Waals surface area contributed by atoms with Gasteiger partial charge in [-0.2, -0.15) is 0 Å². The first-order valence-electron chi connectivity index (χ1n) is 5.81. The van der Waals surface area contributed by atoms with Gasteiger partial charge in [0.1, 0.15) is 0 Å². The van der Waals surface area contributed by atoms with Gasteiger partial charge in [-0.15, -0.1) is 0 Å². The number of phenolic OH excluding ortho intramolecular Hbond substituents is 2. The lowest BCUT2D eigenvalue weighted by Gasteiger charge is -2.05. The standard InChI is InChI=1S/C13H19BrO2/c14-10-5-3-1-2-4-7-11-8-6-9-12(15)13(11)16/h6,8-9,15-16H,1-5,7,10H2. The van der Waals surface area contributed by atoms with Crippen LogP contribution < -0.4 is 0 Å². The monoisotopic (exact) mass is 286 g/mol. The van der Waals surface area contributed by atoms with Crippen molar-refractivity contribution in [1.29, 1.82) is 0 Å². The highest BCUT2D eigenvalue weighted by atomic mass is 79.9. The molecular formula is C13H19BrO2. The zero-order valence-corrected chi connectivity index (χ0v) is 11.0. The molecule has 0 aliphatic carbocycles. The summed E-state index contributed by atoms with van der Waals surface area (Å²) in [5.41, 5.74) is 0.848. The maximum absolute atomic E-state index is 9.58. The van der Waals surface area contributed by atoms with Gasteiger partial charge in [-0.05, 0) is 30.9 Å². The summed E-state index contributed by atoms with van der Waals surface area (Å²) in [5, 5.41) is 20.0. The Labute approximate surface area is 105 Å². The van der Waals surface area contributed by atoms with E-state index in [9.17, 15) is 10.2 Å². The first-order chi connectivity index (χ1) is 7.75. The number of aromatic hydroxyl groups is 2. The predicted octanol–water partition coefficient (Wildman–Crippen LogP) is 3.99. The molecule has 0 saturated carbocycles. The smallest absolute Gasteiger partial charge is 0.160 e. The van der Waals surface area contributed by atoms with E-state index in [0.29, 0.717) is 0 Å². The molecule has 0 heterocycles. The Kier molecular flexibility index (Phi) is 6.31. The quantitative estimate of drug-likeness (QED) is 0.452. The number of alkyl halides is 1. The van der Waals surface area contributed by atoms with Crippen LogP contribution in [-0.4, -0.2) is 15.5 Å². The summed E-state index contributed by atoms with van der Waals surface area (Å²) in [6.07, 6.45) is 6.83. The average Bonchev–Trinajstić information content (AvgIpc) is 2.29. The zero-order chi connectivity index (χ0) is 11.8. The van der Waals surface area contributed by atoms with E-state index in [1.54, 1.807) is 6.07 Å². The van der Waals surface area contributed by atoms with Crippen LogP contribution in [0.3, 0.4) is 0 Å². The van der Waals surface area contributed by atoms with Crippen LogP contribution in [0.1, 0.15) is 37.7 Å². The molecule has 90 valence electrons. The fourth-order valence-electron chi connectivity index (χ4n) is 1.72. The molecule has 0 saturated heterocycles. The fraction of sp³-hybridized carbons (Fsp3) is 0.538. The number of phenols is 2. The highest BCUT2D eigenvalue weighted by Gasteiger charge is 2.04. The molecule has 0 aliphatic rings. The van der Waals surface area contributed by atoms with Crippen LogP contribution in [-0.2, 0) is 6.42 Å². The number of benzene rings is 1. The molecule has 0 aromatic heterocycles. The van der Waals surface area contributed by atoms with Gasteiger partial charge in [0.05, 0.1) is 0 Å². The van der Waals surface area contributed by atoms with Crippen molar-refractivity contribution in [2.24, 2.45) is 0 Å². The van der Waals surface area contributed by atoms with Gasteiger partial charge in [0.2, 0.25) is 0 Å². The van der Waals surface area contributed by atoms with Crippen LogP contribution in [0.15, 0.2) is 18.2 Å². The van der Waals surface area contributed by atoms with E-state index in [-0.39, 0.29) is 11.5 Å². The number of halogens is 1. The van der Waals surface area contributed by atoms with Crippen LogP contribution in [0.25, 0.3) is 0 Å². The van der Waals surface area contributed by atoms with Gasteiger partial charge >= 0.3 is 0 Å². The Hall–Kier alpha value is -0.700. The van der Waals surface area contributed by atoms with Crippen LogP contribution in [0.2, 0.25) is 0 Å². The van der Waals surface area contributed by atoms with Gasteiger partial charge < -0.3 is 10.2 Å². The second kappa shape index (κ2) is 7.55. The molecule has 1 aromatic carbocycles. The van der Waals surface area contributed by atoms with Crippen molar-refractivity contribution in [3.63, 3.8) is 0 Å². The van der Waals surface area contributed by atoms with Gasteiger partial charge in [0, 0.05) is 5.33 Å². The number of hydrogen-bond acceptors (Lipinski definition) is 2. The van der Waals surface area contributed by atoms with Crippen molar-refractivity contribution in [2.75, 3.05) is 5.33 Å². The average molecular weight is 287 g/mol. The number of unbranched alkanes of at least 4 members (excludes halogenated alkanes) is 4. The molecule has 0 fully saturated rings. The van der Waals surface area contributed by atoms with Gasteiger partial charge in [-0.25, -0.2) is 0 Å². The molecule has 0 aliphatic heterocycles. The molecule has 16 heavy (non-hydrogen) atoms. The second-order valence-corrected chi connectivity index (χ2v) is 4.78. The maximum atomic E-state index is 9.58. The molecule has 2 nitrogen and oxygen atoms in total. The highest BCUT2D eigenvalue weighted by molar-refractivity contribution is 9.09. The molecular weight excluding hydrogens is 268 g/mol. The zero-order valence-electron chi connectivity index (χ0n) is 9.45. The minimum absolute atomic E-state index is 0.0169. The summed E-state index contributed by atoms with van der Waals surface area (Å²) in [7, 11) is 0. The fourth-order valence-corrected chi connectivity index (χ4v) is 2.12. The van der Waals surface area contributed by atoms with E-state index in [4.69, 9.17) is 0 Å². The predicted molar refractivity (Wildman–Crippen MR) is 70.4 cm³/mol. The first kappa shape index (κ1) is 13.4. The van der Waals surface area contributed by atoms with E-state index in [0.717, 1.165) is 23.7 Å². The van der Waals surface area contributed by atoms with Gasteiger partial charge in [0.25, 0.3) is 0 Å². The summed E-state index contributed by atoms with van der Waals surface area (Å²) in [5.74, 6) is 0.0275. The minimum Gasteiger partial charge on any atom is -0.504 e. The summed E-state index contributed by atoms with van der Waals surface area (Å²) >= 11 is 3.41. The lowest BCUT2D eigenvalue weighted by Crippen LogP contribution is -1.87. The highest BCUT2D eigenvalue weighted by Crippen LogP contribution is 2.29. The molecule has 3 heteroatoms. The molecule has 0 amide bonds. The SMILES string of the molecule is Oc1cccc(CCCCCCCBr)c1O. The van der Waals surface area contributed by atoms with Crippen LogP contribution in [0, 0.1) is 0 Å². The summed E-state index contributed by atoms with van der Waals surface area (Å²) in [6, 6.07) is 5.15. The van der Waals surface area contributed by atoms with E-state index in [1.807, 2.05) is 6.07 Å². The van der Waals surface area contributed by atoms with Crippen molar-refractivity contribution in [1.82, 2.24) is 0 Å². The Morgan fingerprint density at radius 3 is 2.38 bits per heavy atom. The van der Waals surface area contributed by atoms with E-state index in [2.05, 4.69) is 15.9 Å². The molecule has 1 rings (SSSR count). The molecule has 1 aromatic rings. The van der Waals surface area contributed by atoms with Crippen molar-refractivity contribution in [2.45, 2.75) is 38.5 Å². The normalized spacial score (nSPS) is 10.6. The number of rotatable bonds is 7. The Balaban J connectivity index is 2.24.